The Bertz CT molecular complexity index is 477. The van der Waals surface area contributed by atoms with Crippen molar-refractivity contribution in [1.29, 1.82) is 0 Å². The van der Waals surface area contributed by atoms with Gasteiger partial charge >= 0.3 is 6.18 Å². The number of aromatic nitrogens is 2. The standard InChI is InChI=1S/C12H17F3N4O.ClH/c1-16-9-3-2-5-18(7-9)11(20)8-19-6-4-10(17-19)12(13,14)15;/h4,6,9,16H,2-3,5,7-8H2,1H3;1H. The first-order valence-electron chi connectivity index (χ1n) is 6.46. The van der Waals surface area contributed by atoms with Gasteiger partial charge in [0.2, 0.25) is 5.91 Å². The Kier molecular flexibility index (Phi) is 6.03. The van der Waals surface area contributed by atoms with Crippen LogP contribution in [-0.4, -0.2) is 46.8 Å². The van der Waals surface area contributed by atoms with Crippen molar-refractivity contribution in [3.8, 4) is 0 Å². The zero-order valence-corrected chi connectivity index (χ0v) is 12.4. The molecule has 0 bridgehead atoms. The SMILES string of the molecule is CNC1CCCN(C(=O)Cn2ccc(C(F)(F)F)n2)C1.Cl. The van der Waals surface area contributed by atoms with Crippen LogP contribution in [0.25, 0.3) is 0 Å². The third-order valence-corrected chi connectivity index (χ3v) is 3.41. The fourth-order valence-electron chi connectivity index (χ4n) is 2.28. The van der Waals surface area contributed by atoms with E-state index in [-0.39, 0.29) is 30.9 Å². The highest BCUT2D eigenvalue weighted by Gasteiger charge is 2.33. The number of alkyl halides is 3. The minimum Gasteiger partial charge on any atom is -0.340 e. The van der Waals surface area contributed by atoms with Gasteiger partial charge in [0.1, 0.15) is 6.54 Å². The van der Waals surface area contributed by atoms with Gasteiger partial charge in [-0.1, -0.05) is 0 Å². The minimum absolute atomic E-state index is 0. The van der Waals surface area contributed by atoms with Gasteiger partial charge < -0.3 is 10.2 Å². The normalized spacial score (nSPS) is 19.2. The van der Waals surface area contributed by atoms with Gasteiger partial charge in [-0.25, -0.2) is 0 Å². The number of rotatable bonds is 3. The second-order valence-electron chi connectivity index (χ2n) is 4.86. The van der Waals surface area contributed by atoms with Crippen LogP contribution in [0.5, 0.6) is 0 Å². The van der Waals surface area contributed by atoms with Gasteiger partial charge in [-0.15, -0.1) is 12.4 Å². The summed E-state index contributed by atoms with van der Waals surface area (Å²) in [6.07, 6.45) is -1.40. The molecule has 0 spiro atoms. The molecule has 1 unspecified atom stereocenters. The van der Waals surface area contributed by atoms with Crippen LogP contribution in [0.4, 0.5) is 13.2 Å². The molecule has 120 valence electrons. The maximum Gasteiger partial charge on any atom is 0.435 e. The molecule has 1 fully saturated rings. The van der Waals surface area contributed by atoms with Crippen molar-refractivity contribution in [2.24, 2.45) is 0 Å². The lowest BCUT2D eigenvalue weighted by Crippen LogP contribution is -2.47. The van der Waals surface area contributed by atoms with Gasteiger partial charge in [0.05, 0.1) is 0 Å². The zero-order valence-electron chi connectivity index (χ0n) is 11.6. The van der Waals surface area contributed by atoms with E-state index in [2.05, 4.69) is 10.4 Å². The van der Waals surface area contributed by atoms with Crippen LogP contribution in [0.15, 0.2) is 12.3 Å². The van der Waals surface area contributed by atoms with E-state index in [1.165, 1.54) is 6.20 Å². The fourth-order valence-corrected chi connectivity index (χ4v) is 2.28. The van der Waals surface area contributed by atoms with Crippen LogP contribution >= 0.6 is 12.4 Å². The lowest BCUT2D eigenvalue weighted by molar-refractivity contribution is -0.142. The first-order valence-corrected chi connectivity index (χ1v) is 6.46. The van der Waals surface area contributed by atoms with Gasteiger partial charge in [-0.05, 0) is 26.0 Å². The number of hydrogen-bond acceptors (Lipinski definition) is 3. The van der Waals surface area contributed by atoms with E-state index in [9.17, 15) is 18.0 Å². The minimum atomic E-state index is -4.48. The van der Waals surface area contributed by atoms with E-state index in [4.69, 9.17) is 0 Å². The summed E-state index contributed by atoms with van der Waals surface area (Å²) < 4.78 is 38.3. The van der Waals surface area contributed by atoms with Crippen LogP contribution in [-0.2, 0) is 17.5 Å². The van der Waals surface area contributed by atoms with Crippen molar-refractivity contribution >= 4 is 18.3 Å². The summed E-state index contributed by atoms with van der Waals surface area (Å²) in [4.78, 5) is 13.7. The molecular formula is C12H18ClF3N4O. The highest BCUT2D eigenvalue weighted by atomic mass is 35.5. The maximum atomic E-state index is 12.4. The monoisotopic (exact) mass is 326 g/mol. The number of nitrogens with one attached hydrogen (secondary N) is 1. The number of piperidine rings is 1. The Hall–Kier alpha value is -1.28. The van der Waals surface area contributed by atoms with Crippen molar-refractivity contribution in [2.75, 3.05) is 20.1 Å². The van der Waals surface area contributed by atoms with E-state index in [1.807, 2.05) is 7.05 Å². The van der Waals surface area contributed by atoms with Crippen molar-refractivity contribution in [1.82, 2.24) is 20.0 Å². The molecule has 2 heterocycles. The van der Waals surface area contributed by atoms with Crippen molar-refractivity contribution < 1.29 is 18.0 Å². The van der Waals surface area contributed by atoms with E-state index < -0.39 is 11.9 Å². The molecule has 0 aromatic carbocycles. The second kappa shape index (κ2) is 7.13. The zero-order chi connectivity index (χ0) is 14.8. The van der Waals surface area contributed by atoms with E-state index in [1.54, 1.807) is 4.90 Å². The Labute approximate surface area is 126 Å². The topological polar surface area (TPSA) is 50.2 Å². The summed E-state index contributed by atoms with van der Waals surface area (Å²) >= 11 is 0. The van der Waals surface area contributed by atoms with Crippen LogP contribution in [0.2, 0.25) is 0 Å². The van der Waals surface area contributed by atoms with Crippen LogP contribution in [0.3, 0.4) is 0 Å². The van der Waals surface area contributed by atoms with Gasteiger partial charge in [-0.2, -0.15) is 18.3 Å². The summed E-state index contributed by atoms with van der Waals surface area (Å²) in [5.41, 5.74) is -0.975. The predicted octanol–water partition coefficient (Wildman–Crippen LogP) is 1.53. The molecule has 5 nitrogen and oxygen atoms in total. The Morgan fingerprint density at radius 3 is 2.81 bits per heavy atom. The fraction of sp³-hybridized carbons (Fsp3) is 0.667. The number of likely N-dealkylation sites (N-methyl/N-ethyl adjacent to an activating group) is 1. The number of likely N-dealkylation sites (tertiary alicyclic amines) is 1. The molecule has 1 saturated heterocycles. The number of carbonyl (C=O) groups excluding carboxylic acids is 1. The third-order valence-electron chi connectivity index (χ3n) is 3.41. The Morgan fingerprint density at radius 2 is 2.24 bits per heavy atom. The van der Waals surface area contributed by atoms with Crippen LogP contribution in [0, 0.1) is 0 Å². The molecule has 21 heavy (non-hydrogen) atoms. The number of hydrogen-bond donors (Lipinski definition) is 1. The van der Waals surface area contributed by atoms with Gasteiger partial charge in [-0.3, -0.25) is 9.48 Å². The van der Waals surface area contributed by atoms with E-state index >= 15 is 0 Å². The Balaban J connectivity index is 0.00000220. The average Bonchev–Trinajstić information content (AvgIpc) is 2.87. The molecule has 1 atom stereocenters. The quantitative estimate of drug-likeness (QED) is 0.916. The van der Waals surface area contributed by atoms with Crippen molar-refractivity contribution in [3.05, 3.63) is 18.0 Å². The molecule has 2 rings (SSSR count). The lowest BCUT2D eigenvalue weighted by Gasteiger charge is -2.32. The third kappa shape index (κ3) is 4.60. The molecule has 1 N–H and O–H groups in total. The van der Waals surface area contributed by atoms with Crippen LogP contribution in [0.1, 0.15) is 18.5 Å². The summed E-state index contributed by atoms with van der Waals surface area (Å²) in [6.45, 7) is 1.07. The summed E-state index contributed by atoms with van der Waals surface area (Å²) in [6, 6.07) is 1.12. The van der Waals surface area contributed by atoms with E-state index in [0.717, 1.165) is 23.6 Å². The molecule has 1 aromatic heterocycles. The molecule has 0 radical (unpaired) electrons. The van der Waals surface area contributed by atoms with Gasteiger partial charge in [0.25, 0.3) is 0 Å². The molecule has 1 aromatic rings. The first kappa shape index (κ1) is 17.8. The molecule has 0 saturated carbocycles. The number of halogens is 4. The van der Waals surface area contributed by atoms with Crippen molar-refractivity contribution in [3.63, 3.8) is 0 Å². The number of nitrogens with zero attached hydrogens (tertiary/aromatic N) is 3. The molecule has 1 amide bonds. The maximum absolute atomic E-state index is 12.4. The Morgan fingerprint density at radius 1 is 1.52 bits per heavy atom. The highest BCUT2D eigenvalue weighted by molar-refractivity contribution is 5.85. The smallest absolute Gasteiger partial charge is 0.340 e. The summed E-state index contributed by atoms with van der Waals surface area (Å²) in [5.74, 6) is -0.207. The summed E-state index contributed by atoms with van der Waals surface area (Å²) in [7, 11) is 1.84. The van der Waals surface area contributed by atoms with E-state index in [0.29, 0.717) is 13.1 Å². The largest absolute Gasteiger partial charge is 0.435 e. The van der Waals surface area contributed by atoms with Crippen LogP contribution < -0.4 is 5.32 Å². The number of amides is 1. The van der Waals surface area contributed by atoms with Gasteiger partial charge in [0.15, 0.2) is 5.69 Å². The molecule has 1 aliphatic heterocycles. The first-order chi connectivity index (χ1) is 9.40. The lowest BCUT2D eigenvalue weighted by atomic mass is 10.1. The molecule has 9 heteroatoms. The second-order valence-corrected chi connectivity index (χ2v) is 4.86. The predicted molar refractivity (Wildman–Crippen MR) is 73.1 cm³/mol. The highest BCUT2D eigenvalue weighted by Crippen LogP contribution is 2.27. The molecular weight excluding hydrogens is 309 g/mol. The molecule has 1 aliphatic rings. The number of carbonyl (C=O) groups is 1. The van der Waals surface area contributed by atoms with Crippen molar-refractivity contribution in [2.45, 2.75) is 31.6 Å². The summed E-state index contributed by atoms with van der Waals surface area (Å²) in [5, 5.41) is 6.50. The van der Waals surface area contributed by atoms with Gasteiger partial charge in [0, 0.05) is 25.3 Å². The average molecular weight is 327 g/mol. The molecule has 0 aliphatic carbocycles.